The number of benzene rings is 1. The highest BCUT2D eigenvalue weighted by Gasteiger charge is 2.18. The first-order valence-electron chi connectivity index (χ1n) is 6.02. The summed E-state index contributed by atoms with van der Waals surface area (Å²) in [5.74, 6) is -1.03. The number of carbonyl (C=O) groups is 1. The summed E-state index contributed by atoms with van der Waals surface area (Å²) >= 11 is 5.81. The highest BCUT2D eigenvalue weighted by Crippen LogP contribution is 2.14. The van der Waals surface area contributed by atoms with Crippen molar-refractivity contribution in [1.29, 1.82) is 0 Å². The normalized spacial score (nSPS) is 11.2. The summed E-state index contributed by atoms with van der Waals surface area (Å²) in [6, 6.07) is 5.56. The van der Waals surface area contributed by atoms with Crippen molar-refractivity contribution in [2.75, 3.05) is 6.26 Å². The van der Waals surface area contributed by atoms with Gasteiger partial charge in [-0.25, -0.2) is 22.8 Å². The average Bonchev–Trinajstić information content (AvgIpc) is 2.45. The lowest BCUT2D eigenvalue weighted by Crippen LogP contribution is -2.25. The Labute approximate surface area is 131 Å². The molecule has 1 aromatic carbocycles. The van der Waals surface area contributed by atoms with E-state index in [0.29, 0.717) is 5.56 Å². The van der Waals surface area contributed by atoms with Crippen LogP contribution in [-0.4, -0.2) is 30.5 Å². The molecule has 2 rings (SSSR count). The van der Waals surface area contributed by atoms with Crippen molar-refractivity contribution in [2.45, 2.75) is 11.7 Å². The lowest BCUT2D eigenvalue weighted by molar-refractivity contribution is 0.0945. The summed E-state index contributed by atoms with van der Waals surface area (Å²) in [4.78, 5) is 19.3. The van der Waals surface area contributed by atoms with Gasteiger partial charge >= 0.3 is 0 Å². The zero-order valence-electron chi connectivity index (χ0n) is 11.4. The maximum Gasteiger partial charge on any atom is 0.271 e. The number of amides is 1. The number of sulfone groups is 1. The monoisotopic (exact) mass is 343 g/mol. The molecule has 1 aromatic heterocycles. The number of hydrogen-bond acceptors (Lipinski definition) is 5. The molecule has 0 atom stereocenters. The average molecular weight is 344 g/mol. The van der Waals surface area contributed by atoms with Crippen LogP contribution in [0.15, 0.2) is 35.6 Å². The van der Waals surface area contributed by atoms with Crippen LogP contribution in [0.2, 0.25) is 5.02 Å². The predicted octanol–water partition coefficient (Wildman–Crippen LogP) is 1.60. The fourth-order valence-corrected chi connectivity index (χ4v) is 2.24. The van der Waals surface area contributed by atoms with Gasteiger partial charge in [-0.15, -0.1) is 0 Å². The lowest BCUT2D eigenvalue weighted by atomic mass is 10.2. The molecule has 1 amide bonds. The van der Waals surface area contributed by atoms with Crippen molar-refractivity contribution in [3.63, 3.8) is 0 Å². The van der Waals surface area contributed by atoms with Crippen molar-refractivity contribution >= 4 is 27.3 Å². The molecule has 0 spiro atoms. The van der Waals surface area contributed by atoms with Crippen LogP contribution < -0.4 is 5.32 Å². The minimum Gasteiger partial charge on any atom is -0.347 e. The van der Waals surface area contributed by atoms with E-state index in [0.717, 1.165) is 12.5 Å². The van der Waals surface area contributed by atoms with Crippen LogP contribution in [0.3, 0.4) is 0 Å². The van der Waals surface area contributed by atoms with Crippen molar-refractivity contribution in [3.05, 3.63) is 52.6 Å². The number of aromatic nitrogens is 2. The molecule has 116 valence electrons. The Morgan fingerprint density at radius 1 is 1.32 bits per heavy atom. The second-order valence-corrected chi connectivity index (χ2v) is 6.75. The molecule has 9 heteroatoms. The van der Waals surface area contributed by atoms with Gasteiger partial charge in [-0.3, -0.25) is 4.79 Å². The third-order valence-corrected chi connectivity index (χ3v) is 3.77. The SMILES string of the molecule is CS(=O)(=O)c1ncc(Cl)c(C(=O)NCc2ccc(F)cc2)n1. The van der Waals surface area contributed by atoms with Gasteiger partial charge in [-0.1, -0.05) is 23.7 Å². The summed E-state index contributed by atoms with van der Waals surface area (Å²) in [5, 5.41) is 1.97. The Bertz CT molecular complexity index is 810. The minimum atomic E-state index is -3.65. The van der Waals surface area contributed by atoms with E-state index >= 15 is 0 Å². The Kier molecular flexibility index (Phi) is 4.72. The van der Waals surface area contributed by atoms with E-state index in [2.05, 4.69) is 15.3 Å². The predicted molar refractivity (Wildman–Crippen MR) is 77.7 cm³/mol. The van der Waals surface area contributed by atoms with Gasteiger partial charge in [-0.05, 0) is 17.7 Å². The first kappa shape index (κ1) is 16.3. The molecule has 0 unspecified atom stereocenters. The minimum absolute atomic E-state index is 0.0657. The Balaban J connectivity index is 2.17. The van der Waals surface area contributed by atoms with E-state index in [1.165, 1.54) is 24.3 Å². The molecule has 1 N–H and O–H groups in total. The zero-order chi connectivity index (χ0) is 16.3. The number of nitrogens with one attached hydrogen (secondary N) is 1. The third kappa shape index (κ3) is 3.99. The van der Waals surface area contributed by atoms with Crippen molar-refractivity contribution in [2.24, 2.45) is 0 Å². The van der Waals surface area contributed by atoms with E-state index in [1.807, 2.05) is 0 Å². The van der Waals surface area contributed by atoms with E-state index < -0.39 is 20.9 Å². The van der Waals surface area contributed by atoms with Gasteiger partial charge in [0, 0.05) is 12.8 Å². The van der Waals surface area contributed by atoms with Crippen LogP contribution in [0, 0.1) is 5.82 Å². The zero-order valence-corrected chi connectivity index (χ0v) is 12.9. The molecule has 22 heavy (non-hydrogen) atoms. The highest BCUT2D eigenvalue weighted by atomic mass is 35.5. The Morgan fingerprint density at radius 2 is 1.95 bits per heavy atom. The fourth-order valence-electron chi connectivity index (χ4n) is 1.56. The van der Waals surface area contributed by atoms with Crippen LogP contribution in [0.25, 0.3) is 0 Å². The largest absolute Gasteiger partial charge is 0.347 e. The molecular weight excluding hydrogens is 333 g/mol. The van der Waals surface area contributed by atoms with Crippen LogP contribution in [0.1, 0.15) is 16.1 Å². The lowest BCUT2D eigenvalue weighted by Gasteiger charge is -2.07. The summed E-state index contributed by atoms with van der Waals surface area (Å²) in [7, 11) is -3.65. The molecule has 0 aliphatic carbocycles. The summed E-state index contributed by atoms with van der Waals surface area (Å²) in [6.45, 7) is 0.119. The van der Waals surface area contributed by atoms with Gasteiger partial charge in [0.2, 0.25) is 15.0 Å². The standard InChI is InChI=1S/C13H11ClFN3O3S/c1-22(20,21)13-17-7-10(14)11(18-13)12(19)16-6-8-2-4-9(15)5-3-8/h2-5,7H,6H2,1H3,(H,16,19). The molecule has 6 nitrogen and oxygen atoms in total. The first-order chi connectivity index (χ1) is 10.3. The van der Waals surface area contributed by atoms with E-state index in [-0.39, 0.29) is 23.1 Å². The second-order valence-electron chi connectivity index (χ2n) is 4.43. The molecule has 0 radical (unpaired) electrons. The number of hydrogen-bond donors (Lipinski definition) is 1. The number of halogens is 2. The Morgan fingerprint density at radius 3 is 2.55 bits per heavy atom. The van der Waals surface area contributed by atoms with Crippen molar-refractivity contribution < 1.29 is 17.6 Å². The topological polar surface area (TPSA) is 89.0 Å². The van der Waals surface area contributed by atoms with E-state index in [1.54, 1.807) is 0 Å². The van der Waals surface area contributed by atoms with Crippen molar-refractivity contribution in [3.8, 4) is 0 Å². The molecule has 1 heterocycles. The summed E-state index contributed by atoms with van der Waals surface area (Å²) < 4.78 is 35.6. The summed E-state index contributed by atoms with van der Waals surface area (Å²) in [6.07, 6.45) is 1.98. The quantitative estimate of drug-likeness (QED) is 0.852. The first-order valence-corrected chi connectivity index (χ1v) is 8.29. The van der Waals surface area contributed by atoms with Crippen LogP contribution in [-0.2, 0) is 16.4 Å². The van der Waals surface area contributed by atoms with E-state index in [9.17, 15) is 17.6 Å². The molecule has 0 saturated heterocycles. The molecule has 0 fully saturated rings. The molecule has 0 aliphatic heterocycles. The maximum absolute atomic E-state index is 12.8. The molecule has 0 bridgehead atoms. The third-order valence-electron chi connectivity index (χ3n) is 2.64. The maximum atomic E-state index is 12.8. The molecule has 0 saturated carbocycles. The smallest absolute Gasteiger partial charge is 0.271 e. The van der Waals surface area contributed by atoms with Crippen LogP contribution >= 0.6 is 11.6 Å². The highest BCUT2D eigenvalue weighted by molar-refractivity contribution is 7.90. The van der Waals surface area contributed by atoms with Crippen LogP contribution in [0.5, 0.6) is 0 Å². The number of carbonyl (C=O) groups excluding carboxylic acids is 1. The number of rotatable bonds is 4. The van der Waals surface area contributed by atoms with Gasteiger partial charge in [0.05, 0.1) is 11.2 Å². The molecule has 0 aliphatic rings. The fraction of sp³-hybridized carbons (Fsp3) is 0.154. The Hall–Kier alpha value is -2.06. The van der Waals surface area contributed by atoms with Gasteiger partial charge in [0.25, 0.3) is 5.91 Å². The number of nitrogens with zero attached hydrogens (tertiary/aromatic N) is 2. The summed E-state index contributed by atoms with van der Waals surface area (Å²) in [5.41, 5.74) is 0.433. The van der Waals surface area contributed by atoms with Crippen molar-refractivity contribution in [1.82, 2.24) is 15.3 Å². The molecular formula is C13H11ClFN3O3S. The van der Waals surface area contributed by atoms with Gasteiger partial charge in [0.1, 0.15) is 5.82 Å². The van der Waals surface area contributed by atoms with E-state index in [4.69, 9.17) is 11.6 Å². The van der Waals surface area contributed by atoms with Gasteiger partial charge in [-0.2, -0.15) is 0 Å². The second kappa shape index (κ2) is 6.37. The molecule has 2 aromatic rings. The van der Waals surface area contributed by atoms with Crippen LogP contribution in [0.4, 0.5) is 4.39 Å². The van der Waals surface area contributed by atoms with Gasteiger partial charge < -0.3 is 5.32 Å². The van der Waals surface area contributed by atoms with Gasteiger partial charge in [0.15, 0.2) is 5.69 Å².